The topological polar surface area (TPSA) is 71.4 Å². The van der Waals surface area contributed by atoms with Crippen molar-refractivity contribution in [3.63, 3.8) is 0 Å². The summed E-state index contributed by atoms with van der Waals surface area (Å²) in [5.41, 5.74) is 0. The van der Waals surface area contributed by atoms with Crippen LogP contribution in [-0.2, 0) is 14.4 Å². The Morgan fingerprint density at radius 2 is 1.57 bits per heavy atom. The maximum Gasteiger partial charge on any atom is 0.150 e. The van der Waals surface area contributed by atoms with Gasteiger partial charge in [-0.25, -0.2) is 0 Å². The van der Waals surface area contributed by atoms with Crippen LogP contribution in [0.15, 0.2) is 0 Å². The summed E-state index contributed by atoms with van der Waals surface area (Å²) in [5, 5.41) is 8.94. The summed E-state index contributed by atoms with van der Waals surface area (Å²) in [5.74, 6) is -2.37. The van der Waals surface area contributed by atoms with Crippen LogP contribution in [0.4, 0.5) is 0 Å². The first-order valence-corrected chi connectivity index (χ1v) is 4.58. The molecule has 1 N–H and O–H groups in total. The number of ketones is 3. The molecule has 80 valence electrons. The Balaban J connectivity index is 4.31. The minimum Gasteiger partial charge on any atom is -0.393 e. The summed E-state index contributed by atoms with van der Waals surface area (Å²) in [6.07, 6.45) is -0.226. The molecule has 0 spiro atoms. The lowest BCUT2D eigenvalue weighted by molar-refractivity contribution is -0.138. The van der Waals surface area contributed by atoms with Gasteiger partial charge in [0.15, 0.2) is 5.78 Å². The quantitative estimate of drug-likeness (QED) is 0.634. The normalized spacial score (nSPS) is 12.6. The van der Waals surface area contributed by atoms with E-state index in [1.807, 2.05) is 0 Å². The maximum absolute atomic E-state index is 11.4. The van der Waals surface area contributed by atoms with E-state index in [2.05, 4.69) is 0 Å². The second kappa shape index (κ2) is 5.65. The zero-order valence-corrected chi connectivity index (χ0v) is 8.74. The Morgan fingerprint density at radius 3 is 1.86 bits per heavy atom. The highest BCUT2D eigenvalue weighted by atomic mass is 16.3. The number of aliphatic hydroxyl groups is 1. The van der Waals surface area contributed by atoms with Crippen molar-refractivity contribution in [3.05, 3.63) is 0 Å². The fraction of sp³-hybridized carbons (Fsp3) is 0.700. The van der Waals surface area contributed by atoms with Crippen LogP contribution < -0.4 is 0 Å². The molecule has 0 radical (unpaired) electrons. The van der Waals surface area contributed by atoms with Gasteiger partial charge in [0.2, 0.25) is 0 Å². The highest BCUT2D eigenvalue weighted by Crippen LogP contribution is 2.08. The molecule has 0 amide bonds. The fourth-order valence-corrected chi connectivity index (χ4v) is 1.24. The molecular weight excluding hydrogens is 184 g/mol. The molecule has 0 fully saturated rings. The average Bonchev–Trinajstić information content (AvgIpc) is 1.99. The molecule has 1 unspecified atom stereocenters. The lowest BCUT2D eigenvalue weighted by Gasteiger charge is -2.09. The molecule has 0 saturated carbocycles. The molecule has 0 aromatic carbocycles. The molecule has 1 atom stereocenters. The molecular formula is C10H16O4. The number of aliphatic hydroxyl groups excluding tert-OH is 1. The van der Waals surface area contributed by atoms with Gasteiger partial charge in [0, 0.05) is 6.42 Å². The zero-order valence-electron chi connectivity index (χ0n) is 8.74. The fourth-order valence-electron chi connectivity index (χ4n) is 1.24. The number of carbonyl (C=O) groups excluding carboxylic acids is 3. The summed E-state index contributed by atoms with van der Waals surface area (Å²) in [6.45, 7) is 4.02. The van der Waals surface area contributed by atoms with Gasteiger partial charge in [-0.1, -0.05) is 0 Å². The van der Waals surface area contributed by atoms with Crippen molar-refractivity contribution in [2.45, 2.75) is 39.7 Å². The molecule has 0 aromatic rings. The molecule has 14 heavy (non-hydrogen) atoms. The summed E-state index contributed by atoms with van der Waals surface area (Å²) in [6, 6.07) is 0. The Morgan fingerprint density at radius 1 is 1.14 bits per heavy atom. The molecule has 4 heteroatoms. The van der Waals surface area contributed by atoms with Crippen LogP contribution in [-0.4, -0.2) is 28.6 Å². The predicted octanol–water partition coefficient (Wildman–Crippen LogP) is 0.511. The van der Waals surface area contributed by atoms with Gasteiger partial charge in [-0.15, -0.1) is 0 Å². The highest BCUT2D eigenvalue weighted by Gasteiger charge is 2.27. The molecule has 0 aliphatic rings. The van der Waals surface area contributed by atoms with E-state index in [1.54, 1.807) is 6.92 Å². The third-order valence-electron chi connectivity index (χ3n) is 1.94. The van der Waals surface area contributed by atoms with Crippen LogP contribution in [0.25, 0.3) is 0 Å². The monoisotopic (exact) mass is 200 g/mol. The van der Waals surface area contributed by atoms with E-state index >= 15 is 0 Å². The first kappa shape index (κ1) is 13.0. The summed E-state index contributed by atoms with van der Waals surface area (Å²) in [4.78, 5) is 33.3. The lowest BCUT2D eigenvalue weighted by Crippen LogP contribution is -2.29. The van der Waals surface area contributed by atoms with E-state index in [0.29, 0.717) is 0 Å². The molecule has 0 aromatic heterocycles. The Hall–Kier alpha value is -1.03. The highest BCUT2D eigenvalue weighted by molar-refractivity contribution is 6.18. The molecule has 0 aliphatic carbocycles. The van der Waals surface area contributed by atoms with Gasteiger partial charge >= 0.3 is 0 Å². The standard InChI is InChI=1S/C10H16O4/c1-6(11)4-5-9(14)10(7(2)12)8(3)13/h6,10-11H,4-5H2,1-3H3. The molecule has 0 rings (SSSR count). The summed E-state index contributed by atoms with van der Waals surface area (Å²) < 4.78 is 0. The van der Waals surface area contributed by atoms with E-state index in [-0.39, 0.29) is 12.8 Å². The Labute approximate surface area is 83.3 Å². The van der Waals surface area contributed by atoms with Gasteiger partial charge in [0.25, 0.3) is 0 Å². The van der Waals surface area contributed by atoms with Gasteiger partial charge in [-0.05, 0) is 27.2 Å². The van der Waals surface area contributed by atoms with Crippen LogP contribution in [0.3, 0.4) is 0 Å². The predicted molar refractivity (Wildman–Crippen MR) is 50.8 cm³/mol. The maximum atomic E-state index is 11.4. The zero-order chi connectivity index (χ0) is 11.3. The molecule has 0 bridgehead atoms. The van der Waals surface area contributed by atoms with Gasteiger partial charge in [-0.3, -0.25) is 14.4 Å². The van der Waals surface area contributed by atoms with Crippen LogP contribution in [0, 0.1) is 5.92 Å². The van der Waals surface area contributed by atoms with Crippen molar-refractivity contribution < 1.29 is 19.5 Å². The van der Waals surface area contributed by atoms with Crippen LogP contribution >= 0.6 is 0 Å². The number of hydrogen-bond acceptors (Lipinski definition) is 4. The van der Waals surface area contributed by atoms with Crippen molar-refractivity contribution >= 4 is 17.3 Å². The molecule has 0 saturated heterocycles. The van der Waals surface area contributed by atoms with Crippen molar-refractivity contribution in [1.29, 1.82) is 0 Å². The minimum absolute atomic E-state index is 0.0709. The van der Waals surface area contributed by atoms with Crippen molar-refractivity contribution in [3.8, 4) is 0 Å². The van der Waals surface area contributed by atoms with E-state index in [9.17, 15) is 14.4 Å². The third-order valence-corrected chi connectivity index (χ3v) is 1.94. The van der Waals surface area contributed by atoms with Crippen LogP contribution in [0.5, 0.6) is 0 Å². The average molecular weight is 200 g/mol. The number of rotatable bonds is 6. The number of carbonyl (C=O) groups is 3. The molecule has 4 nitrogen and oxygen atoms in total. The Bertz CT molecular complexity index is 229. The van der Waals surface area contributed by atoms with Crippen molar-refractivity contribution in [2.75, 3.05) is 0 Å². The third kappa shape index (κ3) is 4.28. The van der Waals surface area contributed by atoms with Gasteiger partial charge in [0.1, 0.15) is 17.5 Å². The van der Waals surface area contributed by atoms with Gasteiger partial charge in [-0.2, -0.15) is 0 Å². The largest absolute Gasteiger partial charge is 0.393 e. The first-order valence-electron chi connectivity index (χ1n) is 4.58. The molecule has 0 heterocycles. The summed E-state index contributed by atoms with van der Waals surface area (Å²) in [7, 11) is 0. The van der Waals surface area contributed by atoms with Gasteiger partial charge < -0.3 is 5.11 Å². The Kier molecular flexibility index (Phi) is 5.23. The lowest BCUT2D eigenvalue weighted by atomic mass is 9.92. The smallest absolute Gasteiger partial charge is 0.150 e. The van der Waals surface area contributed by atoms with Crippen LogP contribution in [0.1, 0.15) is 33.6 Å². The number of Topliss-reactive ketones (excluding diaryl/α,β-unsaturated/α-hetero) is 3. The summed E-state index contributed by atoms with van der Waals surface area (Å²) >= 11 is 0. The first-order chi connectivity index (χ1) is 6.36. The number of hydrogen-bond donors (Lipinski definition) is 1. The van der Waals surface area contributed by atoms with Crippen LogP contribution in [0.2, 0.25) is 0 Å². The SMILES string of the molecule is CC(=O)C(C(C)=O)C(=O)CCC(C)O. The molecule has 0 aliphatic heterocycles. The van der Waals surface area contributed by atoms with Crippen molar-refractivity contribution in [2.24, 2.45) is 5.92 Å². The van der Waals surface area contributed by atoms with E-state index in [4.69, 9.17) is 5.11 Å². The minimum atomic E-state index is -1.13. The second-order valence-corrected chi connectivity index (χ2v) is 3.51. The van der Waals surface area contributed by atoms with Crippen molar-refractivity contribution in [1.82, 2.24) is 0 Å². The van der Waals surface area contributed by atoms with Gasteiger partial charge in [0.05, 0.1) is 6.10 Å². The van der Waals surface area contributed by atoms with E-state index in [0.717, 1.165) is 0 Å². The second-order valence-electron chi connectivity index (χ2n) is 3.51. The van der Waals surface area contributed by atoms with E-state index < -0.39 is 29.4 Å². The van der Waals surface area contributed by atoms with E-state index in [1.165, 1.54) is 13.8 Å².